The van der Waals surface area contributed by atoms with Gasteiger partial charge in [-0.25, -0.2) is 5.06 Å². The Hall–Kier alpha value is -1.34. The number of amides is 2. The highest BCUT2D eigenvalue weighted by Crippen LogP contribution is 2.13. The van der Waals surface area contributed by atoms with E-state index in [4.69, 9.17) is 4.42 Å². The molecule has 0 unspecified atom stereocenters. The van der Waals surface area contributed by atoms with Crippen LogP contribution in [0.25, 0.3) is 0 Å². The van der Waals surface area contributed by atoms with E-state index in [-0.39, 0.29) is 18.2 Å². The largest absolute Gasteiger partial charge is 0.444 e. The standard InChI is InChI=1S/C9H11BrN2O4/c1-12(15-2)8(13)5-11-9(14)6-3-4-7(10)16-6/h3-4H,5H2,1-2H3,(H,11,14). The van der Waals surface area contributed by atoms with Crippen molar-refractivity contribution in [3.63, 3.8) is 0 Å². The second kappa shape index (κ2) is 5.66. The molecule has 0 bridgehead atoms. The van der Waals surface area contributed by atoms with Gasteiger partial charge in [-0.3, -0.25) is 14.4 Å². The van der Waals surface area contributed by atoms with Gasteiger partial charge in [-0.2, -0.15) is 0 Å². The van der Waals surface area contributed by atoms with Crippen LogP contribution in [0.5, 0.6) is 0 Å². The highest BCUT2D eigenvalue weighted by molar-refractivity contribution is 9.10. The molecule has 0 aromatic carbocycles. The van der Waals surface area contributed by atoms with Crippen LogP contribution in [0.3, 0.4) is 0 Å². The summed E-state index contributed by atoms with van der Waals surface area (Å²) in [4.78, 5) is 27.4. The molecule has 0 aliphatic rings. The minimum atomic E-state index is -0.455. The monoisotopic (exact) mass is 290 g/mol. The maximum Gasteiger partial charge on any atom is 0.287 e. The molecule has 0 atom stereocenters. The molecule has 88 valence electrons. The predicted molar refractivity (Wildman–Crippen MR) is 58.5 cm³/mol. The zero-order valence-corrected chi connectivity index (χ0v) is 10.4. The first-order valence-electron chi connectivity index (χ1n) is 4.38. The Labute approximate surface area is 101 Å². The minimum absolute atomic E-state index is 0.139. The Bertz CT molecular complexity index is 391. The summed E-state index contributed by atoms with van der Waals surface area (Å²) in [7, 11) is 2.82. The van der Waals surface area contributed by atoms with E-state index < -0.39 is 5.91 Å². The van der Waals surface area contributed by atoms with Gasteiger partial charge in [0.05, 0.1) is 13.7 Å². The number of hydroxylamine groups is 2. The molecule has 1 aromatic rings. The smallest absolute Gasteiger partial charge is 0.287 e. The topological polar surface area (TPSA) is 71.8 Å². The third kappa shape index (κ3) is 3.35. The molecule has 1 heterocycles. The lowest BCUT2D eigenvalue weighted by Crippen LogP contribution is -2.37. The fourth-order valence-corrected chi connectivity index (χ4v) is 1.20. The number of nitrogens with one attached hydrogen (secondary N) is 1. The van der Waals surface area contributed by atoms with Gasteiger partial charge < -0.3 is 9.73 Å². The normalized spacial score (nSPS) is 9.94. The summed E-state index contributed by atoms with van der Waals surface area (Å²) < 4.78 is 5.47. The number of halogens is 1. The second-order valence-corrected chi connectivity index (χ2v) is 3.64. The van der Waals surface area contributed by atoms with Gasteiger partial charge in [-0.15, -0.1) is 0 Å². The number of carbonyl (C=O) groups excluding carboxylic acids is 2. The van der Waals surface area contributed by atoms with Crippen LogP contribution < -0.4 is 5.32 Å². The third-order valence-electron chi connectivity index (χ3n) is 1.82. The van der Waals surface area contributed by atoms with E-state index in [1.165, 1.54) is 20.2 Å². The van der Waals surface area contributed by atoms with E-state index in [0.717, 1.165) is 5.06 Å². The number of rotatable bonds is 4. The molecular weight excluding hydrogens is 280 g/mol. The number of nitrogens with zero attached hydrogens (tertiary/aromatic N) is 1. The van der Waals surface area contributed by atoms with Gasteiger partial charge in [-0.1, -0.05) is 0 Å². The van der Waals surface area contributed by atoms with Crippen molar-refractivity contribution in [2.45, 2.75) is 0 Å². The van der Waals surface area contributed by atoms with Crippen LogP contribution in [0.15, 0.2) is 21.2 Å². The van der Waals surface area contributed by atoms with Crippen LogP contribution in [0.4, 0.5) is 0 Å². The van der Waals surface area contributed by atoms with Gasteiger partial charge in [0.25, 0.3) is 11.8 Å². The maximum atomic E-state index is 11.4. The van der Waals surface area contributed by atoms with Crippen LogP contribution in [-0.4, -0.2) is 37.6 Å². The summed E-state index contributed by atoms with van der Waals surface area (Å²) in [6.07, 6.45) is 0. The molecule has 1 rings (SSSR count). The Kier molecular flexibility index (Phi) is 4.51. The fraction of sp³-hybridized carbons (Fsp3) is 0.333. The van der Waals surface area contributed by atoms with Gasteiger partial charge >= 0.3 is 0 Å². The molecule has 0 saturated carbocycles. The van der Waals surface area contributed by atoms with Crippen LogP contribution in [-0.2, 0) is 9.63 Å². The number of hydrogen-bond acceptors (Lipinski definition) is 4. The lowest BCUT2D eigenvalue weighted by molar-refractivity contribution is -0.167. The van der Waals surface area contributed by atoms with E-state index in [0.29, 0.717) is 4.67 Å². The van der Waals surface area contributed by atoms with Crippen LogP contribution in [0.2, 0.25) is 0 Å². The molecule has 1 N–H and O–H groups in total. The molecule has 16 heavy (non-hydrogen) atoms. The minimum Gasteiger partial charge on any atom is -0.444 e. The van der Waals surface area contributed by atoms with E-state index in [9.17, 15) is 9.59 Å². The molecule has 0 saturated heterocycles. The Morgan fingerprint density at radius 3 is 2.75 bits per heavy atom. The van der Waals surface area contributed by atoms with Crippen molar-refractivity contribution >= 4 is 27.7 Å². The zero-order valence-electron chi connectivity index (χ0n) is 8.82. The maximum absolute atomic E-state index is 11.4. The average Bonchev–Trinajstić information content (AvgIpc) is 2.71. The van der Waals surface area contributed by atoms with Gasteiger partial charge in [0.1, 0.15) is 0 Å². The molecule has 0 fully saturated rings. The first-order chi connectivity index (χ1) is 7.54. The Morgan fingerprint density at radius 2 is 2.25 bits per heavy atom. The zero-order chi connectivity index (χ0) is 12.1. The van der Waals surface area contributed by atoms with Crippen molar-refractivity contribution in [3.8, 4) is 0 Å². The van der Waals surface area contributed by atoms with E-state index in [1.807, 2.05) is 0 Å². The molecule has 0 spiro atoms. The number of carbonyl (C=O) groups is 2. The SMILES string of the molecule is CON(C)C(=O)CNC(=O)c1ccc(Br)o1. The molecule has 0 aliphatic carbocycles. The highest BCUT2D eigenvalue weighted by atomic mass is 79.9. The van der Waals surface area contributed by atoms with Gasteiger partial charge in [-0.05, 0) is 28.1 Å². The summed E-state index contributed by atoms with van der Waals surface area (Å²) in [5, 5.41) is 3.43. The fourth-order valence-electron chi connectivity index (χ4n) is 0.892. The molecule has 0 aliphatic heterocycles. The summed E-state index contributed by atoms with van der Waals surface area (Å²) in [6, 6.07) is 3.10. The highest BCUT2D eigenvalue weighted by Gasteiger charge is 2.13. The lowest BCUT2D eigenvalue weighted by Gasteiger charge is -2.13. The Balaban J connectivity index is 2.44. The van der Waals surface area contributed by atoms with E-state index >= 15 is 0 Å². The number of hydrogen-bond donors (Lipinski definition) is 1. The molecular formula is C9H11BrN2O4. The van der Waals surface area contributed by atoms with Gasteiger partial charge in [0.15, 0.2) is 10.4 Å². The van der Waals surface area contributed by atoms with Crippen LogP contribution in [0.1, 0.15) is 10.6 Å². The number of likely N-dealkylation sites (N-methyl/N-ethyl adjacent to an activating group) is 1. The average molecular weight is 291 g/mol. The lowest BCUT2D eigenvalue weighted by atomic mass is 10.4. The van der Waals surface area contributed by atoms with Crippen molar-refractivity contribution in [2.75, 3.05) is 20.7 Å². The Morgan fingerprint density at radius 1 is 1.56 bits per heavy atom. The first-order valence-corrected chi connectivity index (χ1v) is 5.18. The van der Waals surface area contributed by atoms with Crippen molar-refractivity contribution in [1.29, 1.82) is 0 Å². The summed E-state index contributed by atoms with van der Waals surface area (Å²) in [6.45, 7) is -0.151. The molecule has 0 radical (unpaired) electrons. The summed E-state index contributed by atoms with van der Waals surface area (Å²) in [5.74, 6) is -0.676. The second-order valence-electron chi connectivity index (χ2n) is 2.86. The molecule has 1 aromatic heterocycles. The quantitative estimate of drug-likeness (QED) is 0.833. The van der Waals surface area contributed by atoms with Crippen LogP contribution in [0, 0.1) is 0 Å². The van der Waals surface area contributed by atoms with Gasteiger partial charge in [0, 0.05) is 7.05 Å². The van der Waals surface area contributed by atoms with E-state index in [2.05, 4.69) is 26.1 Å². The molecule has 7 heteroatoms. The summed E-state index contributed by atoms with van der Waals surface area (Å²) >= 11 is 3.07. The third-order valence-corrected chi connectivity index (χ3v) is 2.25. The summed E-state index contributed by atoms with van der Waals surface area (Å²) in [5.41, 5.74) is 0. The molecule has 6 nitrogen and oxygen atoms in total. The van der Waals surface area contributed by atoms with Crippen molar-refractivity contribution < 1.29 is 18.8 Å². The van der Waals surface area contributed by atoms with Gasteiger partial charge in [0.2, 0.25) is 0 Å². The predicted octanol–water partition coefficient (Wildman–Crippen LogP) is 0.792. The van der Waals surface area contributed by atoms with Crippen LogP contribution >= 0.6 is 15.9 Å². The van der Waals surface area contributed by atoms with Crippen molar-refractivity contribution in [2.24, 2.45) is 0 Å². The van der Waals surface area contributed by atoms with Crippen molar-refractivity contribution in [3.05, 3.63) is 22.6 Å². The number of furan rings is 1. The first kappa shape index (κ1) is 12.7. The molecule has 2 amide bonds. The van der Waals surface area contributed by atoms with E-state index in [1.54, 1.807) is 6.07 Å². The van der Waals surface area contributed by atoms with Crippen molar-refractivity contribution in [1.82, 2.24) is 10.4 Å².